The van der Waals surface area contributed by atoms with Gasteiger partial charge in [-0.25, -0.2) is 9.67 Å². The molecule has 0 fully saturated rings. The first-order valence-corrected chi connectivity index (χ1v) is 8.85. The summed E-state index contributed by atoms with van der Waals surface area (Å²) in [6.07, 6.45) is -3.70. The molecule has 14 heteroatoms. The van der Waals surface area contributed by atoms with E-state index in [4.69, 9.17) is 62.3 Å². The number of aromatic nitrogens is 3. The first-order chi connectivity index (χ1) is 13.5. The Bertz CT molecular complexity index is 1040. The summed E-state index contributed by atoms with van der Waals surface area (Å²) in [5.41, 5.74) is -1.83. The van der Waals surface area contributed by atoms with Gasteiger partial charge in [-0.05, 0) is 12.1 Å². The summed E-state index contributed by atoms with van der Waals surface area (Å²) in [6, 6.07) is 3.02. The summed E-state index contributed by atoms with van der Waals surface area (Å²) in [7, 11) is 0. The number of nitriles is 2. The van der Waals surface area contributed by atoms with Gasteiger partial charge in [-0.15, -0.1) is 5.10 Å². The van der Waals surface area contributed by atoms with Crippen molar-refractivity contribution in [2.75, 3.05) is 0 Å². The largest absolute Gasteiger partial charge is 0.416 e. The third-order valence-electron chi connectivity index (χ3n) is 3.26. The van der Waals surface area contributed by atoms with Gasteiger partial charge in [0.1, 0.15) is 17.5 Å². The van der Waals surface area contributed by atoms with Crippen molar-refractivity contribution < 1.29 is 13.2 Å². The Morgan fingerprint density at radius 2 is 1.83 bits per heavy atom. The molecule has 1 atom stereocenters. The fourth-order valence-corrected chi connectivity index (χ4v) is 2.94. The van der Waals surface area contributed by atoms with E-state index in [1.807, 2.05) is 0 Å². The van der Waals surface area contributed by atoms with Gasteiger partial charge in [0.15, 0.2) is 22.5 Å². The van der Waals surface area contributed by atoms with Crippen LogP contribution in [0.3, 0.4) is 0 Å². The molecular weight excluding hydrogens is 477 g/mol. The molecule has 0 aliphatic carbocycles. The Morgan fingerprint density at radius 1 is 1.24 bits per heavy atom. The van der Waals surface area contributed by atoms with Crippen LogP contribution in [0.25, 0.3) is 5.69 Å². The number of nitrogens with zero attached hydrogens (tertiary/aromatic N) is 6. The van der Waals surface area contributed by atoms with Gasteiger partial charge < -0.3 is 0 Å². The van der Waals surface area contributed by atoms with Crippen LogP contribution in [0.4, 0.5) is 13.2 Å². The van der Waals surface area contributed by atoms with Crippen LogP contribution in [-0.2, 0) is 6.18 Å². The van der Waals surface area contributed by atoms with E-state index in [1.165, 1.54) is 6.07 Å². The van der Waals surface area contributed by atoms with E-state index in [0.29, 0.717) is 12.1 Å². The van der Waals surface area contributed by atoms with Gasteiger partial charge in [0.05, 0.1) is 27.9 Å². The fraction of sp³-hybridized carbons (Fsp3) is 0.200. The van der Waals surface area contributed by atoms with Crippen molar-refractivity contribution in [3.05, 3.63) is 39.4 Å². The molecule has 2 aromatic rings. The molecule has 1 heterocycles. The molecule has 0 aliphatic rings. The summed E-state index contributed by atoms with van der Waals surface area (Å²) >= 11 is 23.6. The second-order valence-electron chi connectivity index (χ2n) is 5.16. The van der Waals surface area contributed by atoms with Crippen molar-refractivity contribution in [2.45, 2.75) is 17.1 Å². The van der Waals surface area contributed by atoms with Crippen LogP contribution < -0.4 is 0 Å². The monoisotopic (exact) mass is 481 g/mol. The SMILES string of the molecule is N#CC(=N)C(C#N)N=Cc1nc(C(Cl)Cl)n(-c2c(Cl)cc(C(F)(F)F)cc2Cl)n1. The summed E-state index contributed by atoms with van der Waals surface area (Å²) in [6.45, 7) is 0. The van der Waals surface area contributed by atoms with E-state index in [2.05, 4.69) is 15.1 Å². The Balaban J connectivity index is 2.57. The van der Waals surface area contributed by atoms with E-state index in [9.17, 15) is 13.2 Å². The van der Waals surface area contributed by atoms with Gasteiger partial charge in [0.25, 0.3) is 0 Å². The van der Waals surface area contributed by atoms with Crippen molar-refractivity contribution in [2.24, 2.45) is 4.99 Å². The smallest absolute Gasteiger partial charge is 0.291 e. The molecule has 0 bridgehead atoms. The molecule has 1 aromatic heterocycles. The Morgan fingerprint density at radius 3 is 2.28 bits per heavy atom. The summed E-state index contributed by atoms with van der Waals surface area (Å²) in [5, 5.41) is 28.1. The van der Waals surface area contributed by atoms with E-state index in [1.54, 1.807) is 6.07 Å². The fourth-order valence-electron chi connectivity index (χ4n) is 2.01. The zero-order valence-electron chi connectivity index (χ0n) is 13.7. The van der Waals surface area contributed by atoms with E-state index in [0.717, 1.165) is 10.9 Å². The maximum absolute atomic E-state index is 12.9. The summed E-state index contributed by atoms with van der Waals surface area (Å²) in [4.78, 5) is 6.40. The van der Waals surface area contributed by atoms with Crippen LogP contribution in [0.2, 0.25) is 10.0 Å². The van der Waals surface area contributed by atoms with Gasteiger partial charge in [-0.1, -0.05) is 46.4 Å². The maximum atomic E-state index is 12.9. The maximum Gasteiger partial charge on any atom is 0.416 e. The standard InChI is InChI=1S/C15H6Cl4F3N7/c16-7-1-6(15(20,21)22)2-8(17)12(7)29-14(13(18)19)27-11(28-29)5-26-10(4-24)9(25)3-23/h1-2,5,10,13,25H. The van der Waals surface area contributed by atoms with Gasteiger partial charge in [-0.3, -0.25) is 10.4 Å². The average molecular weight is 483 g/mol. The molecule has 150 valence electrons. The quantitative estimate of drug-likeness (QED) is 0.480. The molecule has 29 heavy (non-hydrogen) atoms. The molecule has 0 radical (unpaired) electrons. The lowest BCUT2D eigenvalue weighted by molar-refractivity contribution is -0.137. The first kappa shape index (κ1) is 22.9. The highest BCUT2D eigenvalue weighted by atomic mass is 35.5. The molecule has 0 amide bonds. The molecule has 7 nitrogen and oxygen atoms in total. The van der Waals surface area contributed by atoms with Crippen LogP contribution >= 0.6 is 46.4 Å². The van der Waals surface area contributed by atoms with Gasteiger partial charge in [0.2, 0.25) is 0 Å². The predicted octanol–water partition coefficient (Wildman–Crippen LogP) is 4.92. The zero-order chi connectivity index (χ0) is 21.9. The van der Waals surface area contributed by atoms with Crippen molar-refractivity contribution in [3.63, 3.8) is 0 Å². The number of aliphatic imine (C=N–C) groups is 1. The molecule has 0 saturated heterocycles. The number of rotatable bonds is 5. The number of alkyl halides is 5. The van der Waals surface area contributed by atoms with Crippen LogP contribution in [0.15, 0.2) is 17.1 Å². The lowest BCUT2D eigenvalue weighted by atomic mass is 10.2. The third-order valence-corrected chi connectivity index (χ3v) is 4.22. The second kappa shape index (κ2) is 8.97. The normalized spacial score (nSPS) is 12.8. The minimum atomic E-state index is -4.67. The number of halogens is 7. The number of nitrogens with one attached hydrogen (secondary N) is 1. The molecule has 1 aromatic carbocycles. The minimum Gasteiger partial charge on any atom is -0.291 e. The van der Waals surface area contributed by atoms with Crippen LogP contribution in [0.1, 0.15) is 22.0 Å². The Hall–Kier alpha value is -2.37. The molecule has 1 unspecified atom stereocenters. The molecule has 1 N–H and O–H groups in total. The van der Waals surface area contributed by atoms with Crippen molar-refractivity contribution >= 4 is 58.3 Å². The Labute approximate surface area is 181 Å². The Kier molecular flexibility index (Phi) is 7.09. The van der Waals surface area contributed by atoms with Gasteiger partial charge >= 0.3 is 6.18 Å². The zero-order valence-corrected chi connectivity index (χ0v) is 16.7. The second-order valence-corrected chi connectivity index (χ2v) is 7.07. The predicted molar refractivity (Wildman–Crippen MR) is 101 cm³/mol. The highest BCUT2D eigenvalue weighted by Crippen LogP contribution is 2.38. The minimum absolute atomic E-state index is 0.137. The first-order valence-electron chi connectivity index (χ1n) is 7.22. The molecular formula is C15H6Cl4F3N7. The van der Waals surface area contributed by atoms with E-state index >= 15 is 0 Å². The van der Waals surface area contributed by atoms with Crippen molar-refractivity contribution in [3.8, 4) is 17.8 Å². The van der Waals surface area contributed by atoms with Crippen LogP contribution in [0.5, 0.6) is 0 Å². The number of hydrogen-bond donors (Lipinski definition) is 1. The van der Waals surface area contributed by atoms with Gasteiger partial charge in [0, 0.05) is 0 Å². The third kappa shape index (κ3) is 5.17. The lowest BCUT2D eigenvalue weighted by Gasteiger charge is -2.13. The lowest BCUT2D eigenvalue weighted by Crippen LogP contribution is -2.13. The topological polar surface area (TPSA) is 115 Å². The van der Waals surface area contributed by atoms with Gasteiger partial charge in [-0.2, -0.15) is 23.7 Å². The molecule has 0 aliphatic heterocycles. The highest BCUT2D eigenvalue weighted by Gasteiger charge is 2.33. The van der Waals surface area contributed by atoms with E-state index < -0.39 is 38.4 Å². The van der Waals surface area contributed by atoms with E-state index in [-0.39, 0.29) is 17.3 Å². The summed E-state index contributed by atoms with van der Waals surface area (Å²) < 4.78 is 39.7. The number of benzene rings is 1. The van der Waals surface area contributed by atoms with Crippen LogP contribution in [0, 0.1) is 28.1 Å². The molecule has 0 saturated carbocycles. The summed E-state index contributed by atoms with van der Waals surface area (Å²) in [5.74, 6) is -0.300. The highest BCUT2D eigenvalue weighted by molar-refractivity contribution is 6.44. The van der Waals surface area contributed by atoms with Crippen molar-refractivity contribution in [1.29, 1.82) is 15.9 Å². The average Bonchev–Trinajstić information content (AvgIpc) is 3.04. The molecule has 2 rings (SSSR count). The van der Waals surface area contributed by atoms with Crippen molar-refractivity contribution in [1.82, 2.24) is 14.8 Å². The van der Waals surface area contributed by atoms with Crippen LogP contribution in [-0.4, -0.2) is 32.7 Å². The number of hydrogen-bond acceptors (Lipinski definition) is 6. The molecule has 0 spiro atoms.